The van der Waals surface area contributed by atoms with Gasteiger partial charge in [-0.1, -0.05) is 30.3 Å². The fourth-order valence-electron chi connectivity index (χ4n) is 2.40. The third-order valence-electron chi connectivity index (χ3n) is 3.47. The zero-order valence-electron chi connectivity index (χ0n) is 11.6. The Labute approximate surface area is 132 Å². The van der Waals surface area contributed by atoms with E-state index in [0.29, 0.717) is 0 Å². The Hall–Kier alpha value is -1.94. The number of aromatic nitrogens is 3. The lowest BCUT2D eigenvalue weighted by molar-refractivity contribution is 0.635. The summed E-state index contributed by atoms with van der Waals surface area (Å²) in [4.78, 5) is 8.45. The number of imidazole rings is 1. The van der Waals surface area contributed by atoms with Crippen LogP contribution in [0.1, 0.15) is 12.0 Å². The molecule has 3 aromatic rings. The van der Waals surface area contributed by atoms with E-state index in [1.165, 1.54) is 5.56 Å². The summed E-state index contributed by atoms with van der Waals surface area (Å²) in [5.74, 6) is 0. The number of benzene rings is 1. The maximum absolute atomic E-state index is 4.38. The van der Waals surface area contributed by atoms with Gasteiger partial charge in [0.2, 0.25) is 0 Å². The Bertz CT molecular complexity index is 693. The van der Waals surface area contributed by atoms with Crippen molar-refractivity contribution in [3.05, 3.63) is 71.4 Å². The van der Waals surface area contributed by atoms with Crippen LogP contribution in [-0.2, 0) is 13.0 Å². The van der Waals surface area contributed by atoms with Crippen molar-refractivity contribution in [2.45, 2.75) is 19.4 Å². The average Bonchev–Trinajstić information content (AvgIpc) is 2.91. The zero-order valence-corrected chi connectivity index (χ0v) is 13.2. The molecule has 0 saturated heterocycles. The highest BCUT2D eigenvalue weighted by molar-refractivity contribution is 9.10. The molecule has 4 heteroatoms. The molecule has 0 unspecified atom stereocenters. The molecule has 0 atom stereocenters. The van der Waals surface area contributed by atoms with E-state index < -0.39 is 0 Å². The van der Waals surface area contributed by atoms with Gasteiger partial charge in [-0.15, -0.1) is 0 Å². The minimum Gasteiger partial charge on any atom is -0.319 e. The van der Waals surface area contributed by atoms with Crippen LogP contribution in [-0.4, -0.2) is 14.5 Å². The van der Waals surface area contributed by atoms with Crippen LogP contribution in [0.5, 0.6) is 0 Å². The number of hydrogen-bond acceptors (Lipinski definition) is 2. The molecular formula is C17H16BrN3. The van der Waals surface area contributed by atoms with Crippen molar-refractivity contribution < 1.29 is 0 Å². The molecule has 0 radical (unpaired) electrons. The van der Waals surface area contributed by atoms with Crippen LogP contribution in [0.4, 0.5) is 0 Å². The fraction of sp³-hybridized carbons (Fsp3) is 0.176. The first kappa shape index (κ1) is 14.0. The maximum Gasteiger partial charge on any atom is 0.177 e. The van der Waals surface area contributed by atoms with Crippen LogP contribution in [0.15, 0.2) is 65.8 Å². The van der Waals surface area contributed by atoms with Crippen molar-refractivity contribution >= 4 is 15.9 Å². The van der Waals surface area contributed by atoms with E-state index in [9.17, 15) is 0 Å². The minimum atomic E-state index is 0.877. The number of halogens is 1. The van der Waals surface area contributed by atoms with E-state index in [1.54, 1.807) is 0 Å². The minimum absolute atomic E-state index is 0.877. The number of nitrogens with zero attached hydrogens (tertiary/aromatic N) is 3. The van der Waals surface area contributed by atoms with E-state index in [1.807, 2.05) is 30.7 Å². The van der Waals surface area contributed by atoms with Gasteiger partial charge in [0.1, 0.15) is 0 Å². The molecular weight excluding hydrogens is 326 g/mol. The van der Waals surface area contributed by atoms with E-state index in [4.69, 9.17) is 0 Å². The lowest BCUT2D eigenvalue weighted by atomic mass is 10.1. The predicted octanol–water partition coefficient (Wildman–Crippen LogP) is 4.34. The first-order valence-corrected chi connectivity index (χ1v) is 7.79. The molecule has 0 saturated carbocycles. The second-order valence-electron chi connectivity index (χ2n) is 4.89. The topological polar surface area (TPSA) is 30.7 Å². The SMILES string of the molecule is Brc1ncc(-c2ccncc2)n1CCCc1ccccc1. The largest absolute Gasteiger partial charge is 0.319 e. The molecule has 2 heterocycles. The predicted molar refractivity (Wildman–Crippen MR) is 87.9 cm³/mol. The molecule has 2 aromatic heterocycles. The summed E-state index contributed by atoms with van der Waals surface area (Å²) in [5, 5.41) is 0. The van der Waals surface area contributed by atoms with Crippen molar-refractivity contribution in [2.75, 3.05) is 0 Å². The highest BCUT2D eigenvalue weighted by Gasteiger charge is 2.09. The van der Waals surface area contributed by atoms with E-state index in [-0.39, 0.29) is 0 Å². The molecule has 0 aliphatic rings. The molecule has 0 aliphatic carbocycles. The Morgan fingerprint density at radius 2 is 1.76 bits per heavy atom. The van der Waals surface area contributed by atoms with E-state index in [0.717, 1.165) is 35.4 Å². The molecule has 3 rings (SSSR count). The molecule has 0 aliphatic heterocycles. The van der Waals surface area contributed by atoms with Crippen LogP contribution < -0.4 is 0 Å². The molecule has 0 amide bonds. The van der Waals surface area contributed by atoms with Crippen molar-refractivity contribution in [2.24, 2.45) is 0 Å². The molecule has 0 fully saturated rings. The summed E-state index contributed by atoms with van der Waals surface area (Å²) in [7, 11) is 0. The molecule has 106 valence electrons. The van der Waals surface area contributed by atoms with Gasteiger partial charge in [-0.2, -0.15) is 0 Å². The second kappa shape index (κ2) is 6.68. The summed E-state index contributed by atoms with van der Waals surface area (Å²) in [5.41, 5.74) is 3.64. The molecule has 0 spiro atoms. The standard InChI is InChI=1S/C17H16BrN3/c18-17-20-13-16(15-8-10-19-11-9-15)21(17)12-4-7-14-5-2-1-3-6-14/h1-3,5-6,8-11,13H,4,7,12H2. The maximum atomic E-state index is 4.38. The zero-order chi connectivity index (χ0) is 14.5. The summed E-state index contributed by atoms with van der Waals surface area (Å²) < 4.78 is 3.08. The molecule has 1 aromatic carbocycles. The number of rotatable bonds is 5. The summed E-state index contributed by atoms with van der Waals surface area (Å²) >= 11 is 3.54. The van der Waals surface area contributed by atoms with Gasteiger partial charge in [0.25, 0.3) is 0 Å². The van der Waals surface area contributed by atoms with Crippen molar-refractivity contribution in [3.63, 3.8) is 0 Å². The van der Waals surface area contributed by atoms with Crippen molar-refractivity contribution in [1.82, 2.24) is 14.5 Å². The normalized spacial score (nSPS) is 10.7. The van der Waals surface area contributed by atoms with Crippen LogP contribution in [0.25, 0.3) is 11.3 Å². The van der Waals surface area contributed by atoms with E-state index in [2.05, 4.69) is 60.8 Å². The fourth-order valence-corrected chi connectivity index (χ4v) is 2.88. The Balaban J connectivity index is 1.72. The quantitative estimate of drug-likeness (QED) is 0.691. The highest BCUT2D eigenvalue weighted by atomic mass is 79.9. The summed E-state index contributed by atoms with van der Waals surface area (Å²) in [6.07, 6.45) is 7.68. The van der Waals surface area contributed by atoms with Gasteiger partial charge < -0.3 is 4.57 Å². The smallest absolute Gasteiger partial charge is 0.177 e. The van der Waals surface area contributed by atoms with Gasteiger partial charge >= 0.3 is 0 Å². The molecule has 3 nitrogen and oxygen atoms in total. The van der Waals surface area contributed by atoms with Gasteiger partial charge in [0.15, 0.2) is 4.73 Å². The Morgan fingerprint density at radius 1 is 1.00 bits per heavy atom. The van der Waals surface area contributed by atoms with Gasteiger partial charge in [-0.05, 0) is 46.5 Å². The van der Waals surface area contributed by atoms with Crippen LogP contribution in [0.3, 0.4) is 0 Å². The van der Waals surface area contributed by atoms with Crippen molar-refractivity contribution in [3.8, 4) is 11.3 Å². The lowest BCUT2D eigenvalue weighted by Crippen LogP contribution is -2.02. The van der Waals surface area contributed by atoms with E-state index >= 15 is 0 Å². The first-order chi connectivity index (χ1) is 10.3. The van der Waals surface area contributed by atoms with Crippen LogP contribution >= 0.6 is 15.9 Å². The van der Waals surface area contributed by atoms with Gasteiger partial charge in [0, 0.05) is 24.5 Å². The second-order valence-corrected chi connectivity index (χ2v) is 5.60. The molecule has 21 heavy (non-hydrogen) atoms. The monoisotopic (exact) mass is 341 g/mol. The van der Waals surface area contributed by atoms with Gasteiger partial charge in [-0.3, -0.25) is 4.98 Å². The lowest BCUT2D eigenvalue weighted by Gasteiger charge is -2.09. The van der Waals surface area contributed by atoms with Crippen LogP contribution in [0.2, 0.25) is 0 Å². The first-order valence-electron chi connectivity index (χ1n) is 7.00. The van der Waals surface area contributed by atoms with Crippen molar-refractivity contribution in [1.29, 1.82) is 0 Å². The third kappa shape index (κ3) is 3.39. The summed E-state index contributed by atoms with van der Waals surface area (Å²) in [6.45, 7) is 0.938. The molecule has 0 N–H and O–H groups in total. The third-order valence-corrected chi connectivity index (χ3v) is 4.11. The van der Waals surface area contributed by atoms with Crippen LogP contribution in [0, 0.1) is 0 Å². The average molecular weight is 342 g/mol. The summed E-state index contributed by atoms with van der Waals surface area (Å²) in [6, 6.07) is 14.6. The van der Waals surface area contributed by atoms with Gasteiger partial charge in [0.05, 0.1) is 11.9 Å². The Kier molecular flexibility index (Phi) is 4.46. The highest BCUT2D eigenvalue weighted by Crippen LogP contribution is 2.23. The Morgan fingerprint density at radius 3 is 2.52 bits per heavy atom. The number of hydrogen-bond donors (Lipinski definition) is 0. The van der Waals surface area contributed by atoms with Gasteiger partial charge in [-0.25, -0.2) is 4.98 Å². The number of pyridine rings is 1. The molecule has 0 bridgehead atoms. The number of aryl methyl sites for hydroxylation is 1.